The molecule has 0 atom stereocenters. The average molecular weight is 325 g/mol. The van der Waals surface area contributed by atoms with Gasteiger partial charge in [0.15, 0.2) is 0 Å². The van der Waals surface area contributed by atoms with Crippen LogP contribution in [0.3, 0.4) is 0 Å². The molecule has 0 saturated heterocycles. The van der Waals surface area contributed by atoms with Crippen LogP contribution in [-0.4, -0.2) is 28.0 Å². The van der Waals surface area contributed by atoms with Crippen LogP contribution < -0.4 is 4.31 Å². The molecule has 0 aliphatic rings. The Bertz CT molecular complexity index is 723. The highest BCUT2D eigenvalue weighted by atomic mass is 32.2. The third-order valence-corrected chi connectivity index (χ3v) is 6.17. The van der Waals surface area contributed by atoms with Gasteiger partial charge in [0.25, 0.3) is 10.0 Å². The smallest absolute Gasteiger partial charge is 0.340 e. The summed E-state index contributed by atoms with van der Waals surface area (Å²) in [5, 5.41) is 1.70. The minimum Gasteiger partial charge on any atom is -0.465 e. The summed E-state index contributed by atoms with van der Waals surface area (Å²) in [5.41, 5.74) is 0.544. The van der Waals surface area contributed by atoms with Crippen molar-refractivity contribution in [2.45, 2.75) is 11.1 Å². The Kier molecular flexibility index (Phi) is 4.64. The van der Waals surface area contributed by atoms with Crippen molar-refractivity contribution in [3.63, 3.8) is 0 Å². The Morgan fingerprint density at radius 3 is 2.52 bits per heavy atom. The van der Waals surface area contributed by atoms with Crippen molar-refractivity contribution >= 4 is 33.0 Å². The molecule has 5 nitrogen and oxygen atoms in total. The Hall–Kier alpha value is -1.86. The van der Waals surface area contributed by atoms with E-state index in [-0.39, 0.29) is 16.3 Å². The van der Waals surface area contributed by atoms with Gasteiger partial charge in [0, 0.05) is 6.54 Å². The van der Waals surface area contributed by atoms with Crippen LogP contribution in [-0.2, 0) is 14.8 Å². The van der Waals surface area contributed by atoms with E-state index in [1.165, 1.54) is 11.4 Å². The second-order valence-corrected chi connectivity index (χ2v) is 7.15. The minimum atomic E-state index is -3.68. The van der Waals surface area contributed by atoms with E-state index in [9.17, 15) is 13.2 Å². The Balaban J connectivity index is 2.56. The zero-order valence-corrected chi connectivity index (χ0v) is 13.3. The van der Waals surface area contributed by atoms with E-state index in [0.29, 0.717) is 5.69 Å². The lowest BCUT2D eigenvalue weighted by Gasteiger charge is -2.23. The summed E-state index contributed by atoms with van der Waals surface area (Å²) in [4.78, 5) is 11.8. The largest absolute Gasteiger partial charge is 0.465 e. The first-order valence-electron chi connectivity index (χ1n) is 6.26. The first-order valence-corrected chi connectivity index (χ1v) is 8.58. The van der Waals surface area contributed by atoms with Crippen LogP contribution in [0.2, 0.25) is 0 Å². The summed E-state index contributed by atoms with van der Waals surface area (Å²) in [6.07, 6.45) is 0. The molecule has 0 aliphatic heterocycles. The van der Waals surface area contributed by atoms with Crippen molar-refractivity contribution in [1.82, 2.24) is 0 Å². The first kappa shape index (κ1) is 15.5. The maximum atomic E-state index is 12.7. The number of rotatable bonds is 5. The molecule has 0 unspecified atom stereocenters. The number of anilines is 1. The molecule has 0 amide bonds. The quantitative estimate of drug-likeness (QED) is 0.793. The minimum absolute atomic E-state index is 0.217. The summed E-state index contributed by atoms with van der Waals surface area (Å²) in [6, 6.07) is 9.73. The summed E-state index contributed by atoms with van der Waals surface area (Å²) in [7, 11) is -2.41. The number of nitrogens with zero attached hydrogens (tertiary/aromatic N) is 1. The van der Waals surface area contributed by atoms with Gasteiger partial charge >= 0.3 is 5.97 Å². The standard InChI is InChI=1S/C14H15NO4S2/c1-3-15(21(17,18)13-9-6-10-20-13)12-8-5-4-7-11(12)14(16)19-2/h4-10H,3H2,1-2H3. The summed E-state index contributed by atoms with van der Waals surface area (Å²) >= 11 is 1.14. The molecular formula is C14H15NO4S2. The molecule has 0 spiro atoms. The zero-order chi connectivity index (χ0) is 15.5. The zero-order valence-electron chi connectivity index (χ0n) is 11.6. The molecule has 2 rings (SSSR count). The van der Waals surface area contributed by atoms with E-state index in [2.05, 4.69) is 0 Å². The van der Waals surface area contributed by atoms with Crippen molar-refractivity contribution in [2.24, 2.45) is 0 Å². The number of carbonyl (C=O) groups is 1. The number of hydrogen-bond acceptors (Lipinski definition) is 5. The summed E-state index contributed by atoms with van der Waals surface area (Å²) in [5.74, 6) is -0.564. The van der Waals surface area contributed by atoms with Gasteiger partial charge < -0.3 is 4.74 Å². The number of benzene rings is 1. The molecule has 0 aliphatic carbocycles. The molecule has 0 N–H and O–H groups in total. The van der Waals surface area contributed by atoms with Crippen molar-refractivity contribution in [3.05, 3.63) is 47.3 Å². The fourth-order valence-electron chi connectivity index (χ4n) is 1.96. The fourth-order valence-corrected chi connectivity index (χ4v) is 4.56. The van der Waals surface area contributed by atoms with Crippen LogP contribution in [0.1, 0.15) is 17.3 Å². The van der Waals surface area contributed by atoms with Gasteiger partial charge in [-0.15, -0.1) is 11.3 Å². The van der Waals surface area contributed by atoms with Crippen LogP contribution >= 0.6 is 11.3 Å². The number of methoxy groups -OCH3 is 1. The number of esters is 1. The molecule has 0 radical (unpaired) electrons. The molecule has 7 heteroatoms. The number of ether oxygens (including phenoxy) is 1. The monoisotopic (exact) mass is 325 g/mol. The number of para-hydroxylation sites is 1. The van der Waals surface area contributed by atoms with Gasteiger partial charge in [0.05, 0.1) is 18.4 Å². The highest BCUT2D eigenvalue weighted by Gasteiger charge is 2.27. The average Bonchev–Trinajstić information content (AvgIpc) is 3.02. The van der Waals surface area contributed by atoms with Gasteiger partial charge in [0.1, 0.15) is 4.21 Å². The van der Waals surface area contributed by atoms with Crippen molar-refractivity contribution < 1.29 is 17.9 Å². The van der Waals surface area contributed by atoms with Crippen LogP contribution in [0.4, 0.5) is 5.69 Å². The van der Waals surface area contributed by atoms with Crippen LogP contribution in [0.25, 0.3) is 0 Å². The Morgan fingerprint density at radius 2 is 1.95 bits per heavy atom. The Labute approximate surface area is 127 Å². The van der Waals surface area contributed by atoms with E-state index in [0.717, 1.165) is 11.3 Å². The number of hydrogen-bond donors (Lipinski definition) is 0. The molecule has 1 aromatic carbocycles. The second-order valence-electron chi connectivity index (χ2n) is 4.11. The summed E-state index contributed by atoms with van der Waals surface area (Å²) < 4.78 is 31.5. The highest BCUT2D eigenvalue weighted by molar-refractivity contribution is 7.94. The van der Waals surface area contributed by atoms with Crippen molar-refractivity contribution in [3.8, 4) is 0 Å². The molecule has 0 bridgehead atoms. The molecule has 2 aromatic rings. The van der Waals surface area contributed by atoms with Gasteiger partial charge in [-0.1, -0.05) is 18.2 Å². The maximum Gasteiger partial charge on any atom is 0.340 e. The first-order chi connectivity index (χ1) is 10.0. The van der Waals surface area contributed by atoms with E-state index in [1.54, 1.807) is 48.7 Å². The van der Waals surface area contributed by atoms with Crippen LogP contribution in [0.15, 0.2) is 46.0 Å². The predicted molar refractivity (Wildman–Crippen MR) is 82.3 cm³/mol. The normalized spacial score (nSPS) is 11.1. The third-order valence-electron chi connectivity index (χ3n) is 2.90. The molecular weight excluding hydrogens is 310 g/mol. The van der Waals surface area contributed by atoms with Crippen molar-refractivity contribution in [1.29, 1.82) is 0 Å². The van der Waals surface area contributed by atoms with E-state index in [1.807, 2.05) is 0 Å². The topological polar surface area (TPSA) is 63.7 Å². The van der Waals surface area contributed by atoms with Gasteiger partial charge in [-0.2, -0.15) is 0 Å². The van der Waals surface area contributed by atoms with Gasteiger partial charge in [-0.25, -0.2) is 13.2 Å². The molecule has 0 saturated carbocycles. The fraction of sp³-hybridized carbons (Fsp3) is 0.214. The molecule has 112 valence electrons. The highest BCUT2D eigenvalue weighted by Crippen LogP contribution is 2.29. The third kappa shape index (κ3) is 2.93. The Morgan fingerprint density at radius 1 is 1.24 bits per heavy atom. The molecule has 1 aromatic heterocycles. The number of carbonyl (C=O) groups excluding carboxylic acids is 1. The lowest BCUT2D eigenvalue weighted by Crippen LogP contribution is -2.31. The van der Waals surface area contributed by atoms with Gasteiger partial charge in [-0.05, 0) is 30.5 Å². The number of thiophene rings is 1. The lowest BCUT2D eigenvalue weighted by atomic mass is 10.2. The second kappa shape index (κ2) is 6.28. The van der Waals surface area contributed by atoms with E-state index < -0.39 is 16.0 Å². The SMILES string of the molecule is CCN(c1ccccc1C(=O)OC)S(=O)(=O)c1cccs1. The van der Waals surface area contributed by atoms with E-state index >= 15 is 0 Å². The van der Waals surface area contributed by atoms with E-state index in [4.69, 9.17) is 4.74 Å². The van der Waals surface area contributed by atoms with Crippen LogP contribution in [0, 0.1) is 0 Å². The van der Waals surface area contributed by atoms with Gasteiger partial charge in [0.2, 0.25) is 0 Å². The van der Waals surface area contributed by atoms with Gasteiger partial charge in [-0.3, -0.25) is 4.31 Å². The molecule has 0 fully saturated rings. The molecule has 21 heavy (non-hydrogen) atoms. The maximum absolute atomic E-state index is 12.7. The number of sulfonamides is 1. The predicted octanol–water partition coefficient (Wildman–Crippen LogP) is 2.75. The molecule has 1 heterocycles. The summed E-state index contributed by atoms with van der Waals surface area (Å²) in [6.45, 7) is 1.94. The lowest BCUT2D eigenvalue weighted by molar-refractivity contribution is 0.0601. The van der Waals surface area contributed by atoms with Crippen LogP contribution in [0.5, 0.6) is 0 Å². The van der Waals surface area contributed by atoms with Crippen molar-refractivity contribution in [2.75, 3.05) is 18.0 Å².